The van der Waals surface area contributed by atoms with Gasteiger partial charge < -0.3 is 9.80 Å². The molecule has 0 aromatic carbocycles. The number of amides is 1. The Morgan fingerprint density at radius 1 is 1.43 bits per heavy atom. The van der Waals surface area contributed by atoms with Gasteiger partial charge in [-0.25, -0.2) is 0 Å². The molecule has 0 bridgehead atoms. The van der Waals surface area contributed by atoms with Crippen LogP contribution in [0.1, 0.15) is 27.2 Å². The van der Waals surface area contributed by atoms with Crippen molar-refractivity contribution < 1.29 is 4.79 Å². The average molecular weight is 198 g/mol. The van der Waals surface area contributed by atoms with Crippen LogP contribution in [0.2, 0.25) is 0 Å². The summed E-state index contributed by atoms with van der Waals surface area (Å²) in [5.41, 5.74) is 0. The maximum atomic E-state index is 11.8. The first kappa shape index (κ1) is 11.5. The van der Waals surface area contributed by atoms with Crippen LogP contribution in [-0.4, -0.2) is 48.4 Å². The Kier molecular flexibility index (Phi) is 3.93. The van der Waals surface area contributed by atoms with E-state index in [0.717, 1.165) is 19.6 Å². The molecule has 0 aromatic heterocycles. The molecule has 1 fully saturated rings. The van der Waals surface area contributed by atoms with Crippen molar-refractivity contribution in [2.24, 2.45) is 5.92 Å². The van der Waals surface area contributed by atoms with Crippen LogP contribution >= 0.6 is 0 Å². The number of piperazine rings is 1. The third kappa shape index (κ3) is 2.98. The molecule has 1 rings (SSSR count). The van der Waals surface area contributed by atoms with Gasteiger partial charge in [0.05, 0.1) is 0 Å². The zero-order valence-electron chi connectivity index (χ0n) is 9.79. The molecule has 0 radical (unpaired) electrons. The summed E-state index contributed by atoms with van der Waals surface area (Å²) in [5, 5.41) is 0. The Bertz CT molecular complexity index is 203. The van der Waals surface area contributed by atoms with Crippen molar-refractivity contribution in [1.29, 1.82) is 0 Å². The number of likely N-dealkylation sites (N-methyl/N-ethyl adjacent to an activating group) is 1. The van der Waals surface area contributed by atoms with Crippen molar-refractivity contribution in [3.05, 3.63) is 0 Å². The van der Waals surface area contributed by atoms with E-state index in [4.69, 9.17) is 0 Å². The predicted octanol–water partition coefficient (Wildman–Crippen LogP) is 1.19. The first-order chi connectivity index (χ1) is 6.50. The van der Waals surface area contributed by atoms with Gasteiger partial charge in [-0.15, -0.1) is 0 Å². The minimum absolute atomic E-state index is 0.319. The van der Waals surface area contributed by atoms with Crippen molar-refractivity contribution >= 4 is 5.91 Å². The monoisotopic (exact) mass is 198 g/mol. The number of rotatable bonds is 2. The van der Waals surface area contributed by atoms with Gasteiger partial charge in [0.1, 0.15) is 0 Å². The van der Waals surface area contributed by atoms with E-state index >= 15 is 0 Å². The molecule has 82 valence electrons. The zero-order valence-corrected chi connectivity index (χ0v) is 9.79. The molecular weight excluding hydrogens is 176 g/mol. The highest BCUT2D eigenvalue weighted by Crippen LogP contribution is 2.10. The van der Waals surface area contributed by atoms with E-state index < -0.39 is 0 Å². The number of nitrogens with zero attached hydrogens (tertiary/aromatic N) is 2. The fraction of sp³-hybridized carbons (Fsp3) is 0.909. The smallest absolute Gasteiger partial charge is 0.222 e. The molecule has 0 saturated carbocycles. The predicted molar refractivity (Wildman–Crippen MR) is 58.1 cm³/mol. The first-order valence-electron chi connectivity index (χ1n) is 5.48. The molecule has 3 nitrogen and oxygen atoms in total. The van der Waals surface area contributed by atoms with Crippen molar-refractivity contribution in [3.63, 3.8) is 0 Å². The molecule has 0 aromatic rings. The van der Waals surface area contributed by atoms with Crippen LogP contribution in [0.15, 0.2) is 0 Å². The largest absolute Gasteiger partial charge is 0.340 e. The van der Waals surface area contributed by atoms with Crippen LogP contribution in [0.25, 0.3) is 0 Å². The van der Waals surface area contributed by atoms with E-state index in [0.29, 0.717) is 24.3 Å². The molecule has 0 spiro atoms. The van der Waals surface area contributed by atoms with Gasteiger partial charge in [-0.1, -0.05) is 13.8 Å². The lowest BCUT2D eigenvalue weighted by atomic mass is 10.1. The van der Waals surface area contributed by atoms with Crippen LogP contribution < -0.4 is 0 Å². The third-order valence-electron chi connectivity index (χ3n) is 2.90. The van der Waals surface area contributed by atoms with Crippen LogP contribution in [0.4, 0.5) is 0 Å². The normalized spacial score (nSPS) is 24.4. The molecule has 3 heteroatoms. The van der Waals surface area contributed by atoms with E-state index in [9.17, 15) is 4.79 Å². The molecule has 1 atom stereocenters. The maximum absolute atomic E-state index is 11.8. The highest BCUT2D eigenvalue weighted by molar-refractivity contribution is 5.76. The van der Waals surface area contributed by atoms with E-state index in [1.54, 1.807) is 0 Å². The maximum Gasteiger partial charge on any atom is 0.222 e. The number of carbonyl (C=O) groups is 1. The van der Waals surface area contributed by atoms with E-state index in [1.165, 1.54) is 0 Å². The summed E-state index contributed by atoms with van der Waals surface area (Å²) >= 11 is 0. The highest BCUT2D eigenvalue weighted by Gasteiger charge is 2.24. The molecule has 1 aliphatic heterocycles. The van der Waals surface area contributed by atoms with Crippen molar-refractivity contribution in [2.75, 3.05) is 26.7 Å². The fourth-order valence-corrected chi connectivity index (χ4v) is 1.75. The molecular formula is C11H22N2O. The number of hydrogen-bond acceptors (Lipinski definition) is 2. The zero-order chi connectivity index (χ0) is 10.7. The summed E-state index contributed by atoms with van der Waals surface area (Å²) in [4.78, 5) is 16.1. The lowest BCUT2D eigenvalue weighted by molar-refractivity contribution is -0.134. The fourth-order valence-electron chi connectivity index (χ4n) is 1.75. The van der Waals surface area contributed by atoms with Crippen molar-refractivity contribution in [3.8, 4) is 0 Å². The number of carbonyl (C=O) groups excluding carboxylic acids is 1. The minimum atomic E-state index is 0.319. The second-order valence-corrected chi connectivity index (χ2v) is 4.77. The Morgan fingerprint density at radius 2 is 2.07 bits per heavy atom. The van der Waals surface area contributed by atoms with Gasteiger partial charge in [-0.2, -0.15) is 0 Å². The second-order valence-electron chi connectivity index (χ2n) is 4.77. The molecule has 1 aliphatic rings. The molecule has 1 saturated heterocycles. The SMILES string of the molecule is CC(C)CC(=O)N1CCN(C)C(C)C1. The second kappa shape index (κ2) is 4.78. The molecule has 0 N–H and O–H groups in total. The molecule has 0 aliphatic carbocycles. The summed E-state index contributed by atoms with van der Waals surface area (Å²) in [6.45, 7) is 9.16. The van der Waals surface area contributed by atoms with Crippen LogP contribution in [0, 0.1) is 5.92 Å². The average Bonchev–Trinajstić information content (AvgIpc) is 2.08. The Hall–Kier alpha value is -0.570. The lowest BCUT2D eigenvalue weighted by Crippen LogP contribution is -2.52. The summed E-state index contributed by atoms with van der Waals surface area (Å²) in [6.07, 6.45) is 0.691. The van der Waals surface area contributed by atoms with Crippen LogP contribution in [-0.2, 0) is 4.79 Å². The van der Waals surface area contributed by atoms with Crippen LogP contribution in [0.5, 0.6) is 0 Å². The van der Waals surface area contributed by atoms with Gasteiger partial charge in [-0.05, 0) is 19.9 Å². The van der Waals surface area contributed by atoms with Gasteiger partial charge >= 0.3 is 0 Å². The van der Waals surface area contributed by atoms with E-state index in [1.807, 2.05) is 4.90 Å². The van der Waals surface area contributed by atoms with Crippen molar-refractivity contribution in [1.82, 2.24) is 9.80 Å². The van der Waals surface area contributed by atoms with Gasteiger partial charge in [0.25, 0.3) is 0 Å². The number of hydrogen-bond donors (Lipinski definition) is 0. The Morgan fingerprint density at radius 3 is 2.57 bits per heavy atom. The third-order valence-corrected chi connectivity index (χ3v) is 2.90. The Balaban J connectivity index is 2.42. The quantitative estimate of drug-likeness (QED) is 0.665. The van der Waals surface area contributed by atoms with Gasteiger partial charge in [0.2, 0.25) is 5.91 Å². The first-order valence-corrected chi connectivity index (χ1v) is 5.48. The topological polar surface area (TPSA) is 23.6 Å². The van der Waals surface area contributed by atoms with Gasteiger partial charge in [-0.3, -0.25) is 4.79 Å². The Labute approximate surface area is 87.1 Å². The highest BCUT2D eigenvalue weighted by atomic mass is 16.2. The lowest BCUT2D eigenvalue weighted by Gasteiger charge is -2.38. The van der Waals surface area contributed by atoms with Gasteiger partial charge in [0, 0.05) is 32.1 Å². The minimum Gasteiger partial charge on any atom is -0.340 e. The standard InChI is InChI=1S/C11H22N2O/c1-9(2)7-11(14)13-6-5-12(4)10(3)8-13/h9-10H,5-8H2,1-4H3. The summed E-state index contributed by atoms with van der Waals surface area (Å²) in [7, 11) is 2.12. The molecule has 1 unspecified atom stereocenters. The van der Waals surface area contributed by atoms with Crippen LogP contribution in [0.3, 0.4) is 0 Å². The summed E-state index contributed by atoms with van der Waals surface area (Å²) in [6, 6.07) is 0.500. The molecule has 1 amide bonds. The summed E-state index contributed by atoms with van der Waals surface area (Å²) in [5.74, 6) is 0.789. The van der Waals surface area contributed by atoms with Gasteiger partial charge in [0.15, 0.2) is 0 Å². The van der Waals surface area contributed by atoms with E-state index in [-0.39, 0.29) is 0 Å². The summed E-state index contributed by atoms with van der Waals surface area (Å²) < 4.78 is 0. The van der Waals surface area contributed by atoms with E-state index in [2.05, 4.69) is 32.7 Å². The molecule has 14 heavy (non-hydrogen) atoms. The van der Waals surface area contributed by atoms with Crippen molar-refractivity contribution in [2.45, 2.75) is 33.2 Å². The molecule has 1 heterocycles.